The minimum absolute atomic E-state index is 0.195. The van der Waals surface area contributed by atoms with Crippen LogP contribution in [-0.2, 0) is 19.1 Å². The highest BCUT2D eigenvalue weighted by atomic mass is 16.6. The summed E-state index contributed by atoms with van der Waals surface area (Å²) in [6.07, 6.45) is 22.1. The number of allylic oxidation sites excluding steroid dienone is 4. The first-order chi connectivity index (χ1) is 15.6. The van der Waals surface area contributed by atoms with E-state index in [1.165, 1.54) is 0 Å². The van der Waals surface area contributed by atoms with Gasteiger partial charge in [0.2, 0.25) is 12.2 Å². The van der Waals surface area contributed by atoms with Gasteiger partial charge in [-0.05, 0) is 32.6 Å². The molecule has 0 amide bonds. The van der Waals surface area contributed by atoms with Gasteiger partial charge in [0, 0.05) is 19.6 Å². The zero-order valence-corrected chi connectivity index (χ0v) is 18.7. The monoisotopic (exact) mass is 446 g/mol. The predicted octanol–water partition coefficient (Wildman–Crippen LogP) is 2.73. The Hall–Kier alpha value is -2.44. The lowest BCUT2D eigenvalue weighted by Gasteiger charge is -2.34. The zero-order valence-electron chi connectivity index (χ0n) is 18.7. The number of epoxide rings is 2. The van der Waals surface area contributed by atoms with E-state index >= 15 is 0 Å². The van der Waals surface area contributed by atoms with E-state index in [1.54, 1.807) is 12.2 Å². The second kappa shape index (κ2) is 16.2. The van der Waals surface area contributed by atoms with Gasteiger partial charge in [0.1, 0.15) is 0 Å². The molecule has 2 saturated heterocycles. The number of isocyanates is 2. The molecule has 0 aromatic carbocycles. The van der Waals surface area contributed by atoms with Crippen molar-refractivity contribution < 1.29 is 29.3 Å². The number of unbranched alkanes of at least 4 members (excludes halogenated alkanes) is 1. The second-order valence-corrected chi connectivity index (χ2v) is 7.68. The van der Waals surface area contributed by atoms with Crippen LogP contribution >= 0.6 is 0 Å². The highest BCUT2D eigenvalue weighted by Crippen LogP contribution is 2.37. The first-order valence-corrected chi connectivity index (χ1v) is 10.8. The van der Waals surface area contributed by atoms with E-state index in [9.17, 15) is 9.59 Å². The maximum Gasteiger partial charge on any atom is 0.235 e. The maximum absolute atomic E-state index is 10.7. The Kier molecular flexibility index (Phi) is 14.0. The highest BCUT2D eigenvalue weighted by molar-refractivity contribution is 5.42. The topological polar surface area (TPSA) is 124 Å². The molecule has 8 heteroatoms. The van der Waals surface area contributed by atoms with E-state index < -0.39 is 11.1 Å². The lowest BCUT2D eigenvalue weighted by atomic mass is 9.76. The van der Waals surface area contributed by atoms with E-state index in [-0.39, 0.29) is 13.2 Å². The van der Waals surface area contributed by atoms with Crippen molar-refractivity contribution in [2.45, 2.75) is 56.2 Å². The smallest absolute Gasteiger partial charge is 0.235 e. The summed E-state index contributed by atoms with van der Waals surface area (Å²) in [6, 6.07) is 0. The standard InChI is InChI=1S/C15H14N2O2.C4H10O2.C3H6O.C2H4O/c18-12-16-14(7-3-1-4-8-14)11-15(17-13-19)9-5-2-6-10-15;5-3-1-2-4-6;1-3-2-4-3;1-2-3-1/h1-7,9H,8,10-11H2;5-6H,1-4H2;3H,2H2,1H3;1-2H2. The Morgan fingerprint density at radius 2 is 1.31 bits per heavy atom. The van der Waals surface area contributed by atoms with Crippen molar-refractivity contribution in [3.8, 4) is 0 Å². The van der Waals surface area contributed by atoms with Crippen LogP contribution in [0.1, 0.15) is 39.0 Å². The van der Waals surface area contributed by atoms with Crippen molar-refractivity contribution in [3.63, 3.8) is 0 Å². The van der Waals surface area contributed by atoms with Crippen LogP contribution in [0.15, 0.2) is 58.6 Å². The quantitative estimate of drug-likeness (QED) is 0.268. The summed E-state index contributed by atoms with van der Waals surface area (Å²) in [7, 11) is 0. The minimum atomic E-state index is -0.674. The molecule has 0 aromatic heterocycles. The van der Waals surface area contributed by atoms with Crippen LogP contribution in [0, 0.1) is 0 Å². The summed E-state index contributed by atoms with van der Waals surface area (Å²) in [5.74, 6) is 0. The van der Waals surface area contributed by atoms with Crippen molar-refractivity contribution in [2.24, 2.45) is 9.98 Å². The molecule has 0 saturated carbocycles. The molecular weight excluding hydrogens is 412 g/mol. The van der Waals surface area contributed by atoms with Gasteiger partial charge < -0.3 is 19.7 Å². The molecule has 2 fully saturated rings. The normalized spacial score (nSPS) is 27.7. The third kappa shape index (κ3) is 13.1. The number of carbonyl (C=O) groups excluding carboxylic acids is 2. The molecule has 32 heavy (non-hydrogen) atoms. The molecular formula is C24H34N2O6. The van der Waals surface area contributed by atoms with Gasteiger partial charge in [-0.25, -0.2) is 9.59 Å². The molecule has 2 heterocycles. The largest absolute Gasteiger partial charge is 0.396 e. The van der Waals surface area contributed by atoms with Crippen LogP contribution in [0.25, 0.3) is 0 Å². The molecule has 4 aliphatic rings. The molecule has 176 valence electrons. The van der Waals surface area contributed by atoms with Crippen LogP contribution in [0.2, 0.25) is 0 Å². The maximum atomic E-state index is 10.7. The van der Waals surface area contributed by atoms with Crippen molar-refractivity contribution >= 4 is 12.2 Å². The Balaban J connectivity index is 0.000000316. The van der Waals surface area contributed by atoms with Gasteiger partial charge in [-0.1, -0.05) is 48.6 Å². The Bertz CT molecular complexity index is 687. The summed E-state index contributed by atoms with van der Waals surface area (Å²) in [5, 5.41) is 16.2. The van der Waals surface area contributed by atoms with E-state index in [1.807, 2.05) is 48.6 Å². The Morgan fingerprint density at radius 1 is 0.906 bits per heavy atom. The number of aliphatic hydroxyl groups excluding tert-OH is 2. The Labute approximate surface area is 189 Å². The van der Waals surface area contributed by atoms with Crippen LogP contribution in [0.3, 0.4) is 0 Å². The summed E-state index contributed by atoms with van der Waals surface area (Å²) >= 11 is 0. The van der Waals surface area contributed by atoms with Crippen LogP contribution in [-0.4, -0.2) is 72.6 Å². The fourth-order valence-corrected chi connectivity index (χ4v) is 2.85. The minimum Gasteiger partial charge on any atom is -0.396 e. The first kappa shape index (κ1) is 27.6. The van der Waals surface area contributed by atoms with Gasteiger partial charge >= 0.3 is 0 Å². The van der Waals surface area contributed by atoms with Gasteiger partial charge in [-0.2, -0.15) is 9.98 Å². The van der Waals surface area contributed by atoms with E-state index in [0.29, 0.717) is 25.4 Å². The summed E-state index contributed by atoms with van der Waals surface area (Å²) in [4.78, 5) is 29.3. The molecule has 0 bridgehead atoms. The first-order valence-electron chi connectivity index (χ1n) is 10.8. The van der Waals surface area contributed by atoms with E-state index in [4.69, 9.17) is 14.9 Å². The summed E-state index contributed by atoms with van der Waals surface area (Å²) < 4.78 is 9.21. The van der Waals surface area contributed by atoms with Crippen molar-refractivity contribution in [2.75, 3.05) is 33.0 Å². The van der Waals surface area contributed by atoms with Crippen molar-refractivity contribution in [1.82, 2.24) is 0 Å². The van der Waals surface area contributed by atoms with E-state index in [0.717, 1.165) is 32.7 Å². The Morgan fingerprint density at radius 3 is 1.53 bits per heavy atom. The fourth-order valence-electron chi connectivity index (χ4n) is 2.85. The molecule has 4 rings (SSSR count). The molecule has 0 radical (unpaired) electrons. The predicted molar refractivity (Wildman–Crippen MR) is 122 cm³/mol. The van der Waals surface area contributed by atoms with Crippen LogP contribution < -0.4 is 0 Å². The molecule has 3 atom stereocenters. The fraction of sp³-hybridized carbons (Fsp3) is 0.583. The molecule has 0 aromatic rings. The van der Waals surface area contributed by atoms with Crippen molar-refractivity contribution in [1.29, 1.82) is 0 Å². The number of hydrogen-bond acceptors (Lipinski definition) is 8. The number of rotatable bonds is 7. The molecule has 0 spiro atoms. The third-order valence-electron chi connectivity index (χ3n) is 4.67. The lowest BCUT2D eigenvalue weighted by Crippen LogP contribution is -2.37. The number of ether oxygens (including phenoxy) is 2. The molecule has 2 N–H and O–H groups in total. The number of nitrogens with zero attached hydrogens (tertiary/aromatic N) is 2. The van der Waals surface area contributed by atoms with Gasteiger partial charge in [0.05, 0.1) is 37.0 Å². The molecule has 3 unspecified atom stereocenters. The third-order valence-corrected chi connectivity index (χ3v) is 4.67. The highest BCUT2D eigenvalue weighted by Gasteiger charge is 2.38. The van der Waals surface area contributed by atoms with Gasteiger partial charge in [-0.3, -0.25) is 0 Å². The molecule has 2 aliphatic carbocycles. The van der Waals surface area contributed by atoms with Crippen molar-refractivity contribution in [3.05, 3.63) is 48.6 Å². The van der Waals surface area contributed by atoms with Gasteiger partial charge in [-0.15, -0.1) is 0 Å². The van der Waals surface area contributed by atoms with Gasteiger partial charge in [0.25, 0.3) is 0 Å². The van der Waals surface area contributed by atoms with E-state index in [2.05, 4.69) is 21.6 Å². The molecule has 2 aliphatic heterocycles. The summed E-state index contributed by atoms with van der Waals surface area (Å²) in [6.45, 7) is 5.43. The van der Waals surface area contributed by atoms with Crippen LogP contribution in [0.4, 0.5) is 0 Å². The number of aliphatic hydroxyl groups is 2. The number of hydrogen-bond donors (Lipinski definition) is 2. The average Bonchev–Trinajstić information content (AvgIpc) is 3.70. The second-order valence-electron chi connectivity index (χ2n) is 7.68. The lowest BCUT2D eigenvalue weighted by molar-refractivity contribution is 0.242. The molecule has 8 nitrogen and oxygen atoms in total. The number of aliphatic imine (C=N–C) groups is 2. The van der Waals surface area contributed by atoms with Crippen LogP contribution in [0.5, 0.6) is 0 Å². The SMILES string of the molecule is C1CO1.CC1CO1.O=C=NC1(CC2(N=C=O)C=CC=CC2)C=CC=CC1.OCCCCO. The van der Waals surface area contributed by atoms with Gasteiger partial charge in [0.15, 0.2) is 0 Å². The average molecular weight is 447 g/mol. The zero-order chi connectivity index (χ0) is 23.5. The summed E-state index contributed by atoms with van der Waals surface area (Å²) in [5.41, 5.74) is -1.35.